The highest BCUT2D eigenvalue weighted by molar-refractivity contribution is 8.00. The van der Waals surface area contributed by atoms with Gasteiger partial charge in [0.05, 0.1) is 16.6 Å². The Hall–Kier alpha value is -2.55. The van der Waals surface area contributed by atoms with Gasteiger partial charge in [-0.05, 0) is 31.9 Å². The number of rotatable bonds is 4. The Labute approximate surface area is 147 Å². The molecule has 0 saturated heterocycles. The highest BCUT2D eigenvalue weighted by Crippen LogP contribution is 2.37. The van der Waals surface area contributed by atoms with Crippen LogP contribution in [0.2, 0.25) is 0 Å². The summed E-state index contributed by atoms with van der Waals surface area (Å²) >= 11 is 1.23. The number of para-hydroxylation sites is 2. The molecule has 9 heteroatoms. The predicted octanol–water partition coefficient (Wildman–Crippen LogP) is 1.37. The molecule has 4 rings (SSSR count). The number of fused-ring (bicyclic) bond motifs is 1. The molecule has 1 aliphatic heterocycles. The molecule has 0 spiro atoms. The lowest BCUT2D eigenvalue weighted by atomic mass is 10.2. The first-order chi connectivity index (χ1) is 12.0. The van der Waals surface area contributed by atoms with Gasteiger partial charge in [0.25, 0.3) is 0 Å². The second-order valence-electron chi connectivity index (χ2n) is 6.16. The van der Waals surface area contributed by atoms with Gasteiger partial charge >= 0.3 is 5.69 Å². The number of nitrogens with one attached hydrogen (secondary N) is 2. The number of hydrogen-bond acceptors (Lipinski definition) is 5. The minimum absolute atomic E-state index is 0.0171. The molecule has 1 aromatic carbocycles. The summed E-state index contributed by atoms with van der Waals surface area (Å²) in [6.07, 6.45) is 1.91. The van der Waals surface area contributed by atoms with E-state index in [1.165, 1.54) is 16.7 Å². The molecule has 8 nitrogen and oxygen atoms in total. The van der Waals surface area contributed by atoms with Gasteiger partial charge in [-0.1, -0.05) is 23.9 Å². The molecule has 1 aromatic heterocycles. The maximum Gasteiger partial charge on any atom is 0.344 e. The normalized spacial score (nSPS) is 17.8. The molecular formula is C16H17N5O3S. The smallest absolute Gasteiger partial charge is 0.323 e. The average Bonchev–Trinajstić information content (AvgIpc) is 3.37. The standard InChI is InChI=1S/C16H17N5O3S/c1-9(25-16-19-18-15(24)21(16)10-6-7-10)14(23)20-8-13(22)17-11-4-2-3-5-12(11)20/h2-5,9-10H,6-8H2,1H3,(H,17,22)(H,18,24)/t9-/m0/s1. The fraction of sp³-hybridized carbons (Fsp3) is 0.375. The third-order valence-electron chi connectivity index (χ3n) is 4.25. The molecule has 2 aromatic rings. The van der Waals surface area contributed by atoms with Gasteiger partial charge in [0, 0.05) is 6.04 Å². The minimum atomic E-state index is -0.480. The first-order valence-electron chi connectivity index (χ1n) is 8.08. The van der Waals surface area contributed by atoms with E-state index in [4.69, 9.17) is 0 Å². The van der Waals surface area contributed by atoms with Crippen molar-refractivity contribution in [2.24, 2.45) is 0 Å². The highest BCUT2D eigenvalue weighted by Gasteiger charge is 2.33. The molecule has 2 heterocycles. The van der Waals surface area contributed by atoms with Crippen LogP contribution in [0.5, 0.6) is 0 Å². The largest absolute Gasteiger partial charge is 0.344 e. The van der Waals surface area contributed by atoms with Crippen LogP contribution in [0.25, 0.3) is 0 Å². The number of carbonyl (C=O) groups excluding carboxylic acids is 2. The zero-order valence-electron chi connectivity index (χ0n) is 13.6. The van der Waals surface area contributed by atoms with Gasteiger partial charge in [0.1, 0.15) is 6.54 Å². The molecule has 1 fully saturated rings. The number of amides is 2. The van der Waals surface area contributed by atoms with Crippen molar-refractivity contribution in [2.75, 3.05) is 16.8 Å². The van der Waals surface area contributed by atoms with Gasteiger partial charge < -0.3 is 5.32 Å². The van der Waals surface area contributed by atoms with Crippen LogP contribution in [0.15, 0.2) is 34.2 Å². The van der Waals surface area contributed by atoms with Gasteiger partial charge in [-0.25, -0.2) is 9.89 Å². The molecule has 25 heavy (non-hydrogen) atoms. The number of nitrogens with zero attached hydrogens (tertiary/aromatic N) is 3. The summed E-state index contributed by atoms with van der Waals surface area (Å²) in [7, 11) is 0. The Morgan fingerprint density at radius 3 is 2.84 bits per heavy atom. The molecule has 1 saturated carbocycles. The van der Waals surface area contributed by atoms with Crippen molar-refractivity contribution in [3.05, 3.63) is 34.7 Å². The van der Waals surface area contributed by atoms with E-state index in [1.54, 1.807) is 23.6 Å². The number of aromatic nitrogens is 3. The summed E-state index contributed by atoms with van der Waals surface area (Å²) < 4.78 is 1.62. The summed E-state index contributed by atoms with van der Waals surface area (Å²) in [5.74, 6) is -0.413. The summed E-state index contributed by atoms with van der Waals surface area (Å²) in [6, 6.07) is 7.38. The van der Waals surface area contributed by atoms with Gasteiger partial charge in [0.15, 0.2) is 5.16 Å². The van der Waals surface area contributed by atoms with Gasteiger partial charge in [-0.15, -0.1) is 5.10 Å². The van der Waals surface area contributed by atoms with Crippen molar-refractivity contribution in [3.63, 3.8) is 0 Å². The van der Waals surface area contributed by atoms with Gasteiger partial charge in [-0.2, -0.15) is 0 Å². The summed E-state index contributed by atoms with van der Waals surface area (Å²) in [5.41, 5.74) is 1.06. The molecule has 0 bridgehead atoms. The molecule has 2 aliphatic rings. The van der Waals surface area contributed by atoms with Gasteiger partial charge in [-0.3, -0.25) is 19.1 Å². The van der Waals surface area contributed by atoms with Crippen molar-refractivity contribution >= 4 is 35.0 Å². The maximum atomic E-state index is 12.9. The predicted molar refractivity (Wildman–Crippen MR) is 93.9 cm³/mol. The van der Waals surface area contributed by atoms with E-state index in [9.17, 15) is 14.4 Å². The Balaban J connectivity index is 1.57. The Morgan fingerprint density at radius 1 is 1.32 bits per heavy atom. The number of anilines is 2. The van der Waals surface area contributed by atoms with E-state index in [-0.39, 0.29) is 30.1 Å². The highest BCUT2D eigenvalue weighted by atomic mass is 32.2. The lowest BCUT2D eigenvalue weighted by molar-refractivity contribution is -0.121. The topological polar surface area (TPSA) is 100 Å². The van der Waals surface area contributed by atoms with Crippen LogP contribution < -0.4 is 15.9 Å². The molecule has 1 aliphatic carbocycles. The molecule has 0 radical (unpaired) electrons. The summed E-state index contributed by atoms with van der Waals surface area (Å²) in [6.45, 7) is 1.75. The zero-order chi connectivity index (χ0) is 17.6. The average molecular weight is 359 g/mol. The number of H-pyrrole nitrogens is 1. The van der Waals surface area contributed by atoms with Crippen LogP contribution in [-0.2, 0) is 9.59 Å². The number of thioether (sulfide) groups is 1. The van der Waals surface area contributed by atoms with Crippen LogP contribution in [0.4, 0.5) is 11.4 Å². The zero-order valence-corrected chi connectivity index (χ0v) is 14.4. The lowest BCUT2D eigenvalue weighted by Crippen LogP contribution is -2.45. The quantitative estimate of drug-likeness (QED) is 0.803. The molecule has 0 unspecified atom stereocenters. The Kier molecular flexibility index (Phi) is 3.87. The van der Waals surface area contributed by atoms with Crippen LogP contribution in [0.1, 0.15) is 25.8 Å². The molecule has 130 valence electrons. The first kappa shape index (κ1) is 15.9. The lowest BCUT2D eigenvalue weighted by Gasteiger charge is -2.30. The van der Waals surface area contributed by atoms with Crippen LogP contribution in [-0.4, -0.2) is 38.4 Å². The van der Waals surface area contributed by atoms with E-state index in [0.29, 0.717) is 16.5 Å². The number of benzene rings is 1. The monoisotopic (exact) mass is 359 g/mol. The van der Waals surface area contributed by atoms with E-state index >= 15 is 0 Å². The van der Waals surface area contributed by atoms with Crippen LogP contribution in [0.3, 0.4) is 0 Å². The SMILES string of the molecule is C[C@H](Sc1n[nH]c(=O)n1C1CC1)C(=O)N1CC(=O)Nc2ccccc21. The summed E-state index contributed by atoms with van der Waals surface area (Å²) in [5, 5.41) is 9.30. The second-order valence-corrected chi connectivity index (χ2v) is 7.47. The molecule has 2 N–H and O–H groups in total. The van der Waals surface area contributed by atoms with Gasteiger partial charge in [0.2, 0.25) is 11.8 Å². The van der Waals surface area contributed by atoms with E-state index in [2.05, 4.69) is 15.5 Å². The van der Waals surface area contributed by atoms with E-state index in [0.717, 1.165) is 12.8 Å². The van der Waals surface area contributed by atoms with Crippen molar-refractivity contribution in [1.82, 2.24) is 14.8 Å². The summed E-state index contributed by atoms with van der Waals surface area (Å²) in [4.78, 5) is 38.2. The second kappa shape index (κ2) is 6.07. The minimum Gasteiger partial charge on any atom is -0.323 e. The third kappa shape index (κ3) is 2.95. The maximum absolute atomic E-state index is 12.9. The van der Waals surface area contributed by atoms with E-state index < -0.39 is 5.25 Å². The van der Waals surface area contributed by atoms with Crippen molar-refractivity contribution in [1.29, 1.82) is 0 Å². The number of carbonyl (C=O) groups is 2. The fourth-order valence-corrected chi connectivity index (χ4v) is 3.87. The van der Waals surface area contributed by atoms with Crippen LogP contribution >= 0.6 is 11.8 Å². The first-order valence-corrected chi connectivity index (χ1v) is 8.96. The Bertz CT molecular complexity index is 901. The van der Waals surface area contributed by atoms with E-state index in [1.807, 2.05) is 12.1 Å². The number of hydrogen-bond donors (Lipinski definition) is 2. The molecular weight excluding hydrogens is 342 g/mol. The Morgan fingerprint density at radius 2 is 2.08 bits per heavy atom. The third-order valence-corrected chi connectivity index (χ3v) is 5.30. The molecule has 2 amide bonds. The fourth-order valence-electron chi connectivity index (χ4n) is 2.89. The van der Waals surface area contributed by atoms with Crippen molar-refractivity contribution in [2.45, 2.75) is 36.2 Å². The van der Waals surface area contributed by atoms with Crippen molar-refractivity contribution in [3.8, 4) is 0 Å². The molecule has 1 atom stereocenters. The van der Waals surface area contributed by atoms with Crippen molar-refractivity contribution < 1.29 is 9.59 Å². The van der Waals surface area contributed by atoms with Crippen LogP contribution in [0, 0.1) is 0 Å². The number of aromatic amines is 1.